The molecule has 0 aromatic carbocycles. The van der Waals surface area contributed by atoms with Crippen molar-refractivity contribution in [2.24, 2.45) is 29.1 Å². The Balaban J connectivity index is 1.99. The number of rotatable bonds is 7. The number of cyclic esters (lactones) is 1. The van der Waals surface area contributed by atoms with Crippen LogP contribution in [0, 0.1) is 29.1 Å². The monoisotopic (exact) mass is 430 g/mol. The number of carbonyl (C=O) groups is 2. The van der Waals surface area contributed by atoms with Crippen molar-refractivity contribution in [2.45, 2.75) is 91.2 Å². The fourth-order valence-electron chi connectivity index (χ4n) is 4.72. The molecule has 2 unspecified atom stereocenters. The number of aliphatic hydroxyl groups excluding tert-OH is 1. The van der Waals surface area contributed by atoms with Crippen molar-refractivity contribution in [3.63, 3.8) is 0 Å². The first-order chi connectivity index (χ1) is 19.0. The Hall–Kier alpha value is -1.62. The van der Waals surface area contributed by atoms with Crippen LogP contribution in [-0.2, 0) is 19.1 Å². The van der Waals surface area contributed by atoms with Gasteiger partial charge in [0.1, 0.15) is 12.2 Å². The third kappa shape index (κ3) is 5.16. The predicted molar refractivity (Wildman–Crippen MR) is 115 cm³/mol. The van der Waals surface area contributed by atoms with E-state index in [1.807, 2.05) is 13.0 Å². The summed E-state index contributed by atoms with van der Waals surface area (Å²) in [5, 5.41) is 4.61. The van der Waals surface area contributed by atoms with E-state index in [0.29, 0.717) is 31.8 Å². The lowest BCUT2D eigenvalue weighted by Gasteiger charge is -2.44. The molecule has 1 saturated heterocycles. The summed E-state index contributed by atoms with van der Waals surface area (Å²) in [6, 6.07) is 0. The van der Waals surface area contributed by atoms with Crippen molar-refractivity contribution >= 4 is 11.9 Å². The second kappa shape index (κ2) is 9.25. The molecule has 3 rings (SSSR count). The van der Waals surface area contributed by atoms with Gasteiger partial charge in [0.2, 0.25) is 1.43 Å². The number of hydrogen-bond acceptors (Lipinski definition) is 5. The van der Waals surface area contributed by atoms with Gasteiger partial charge in [0, 0.05) is 27.4 Å². The molecule has 168 valence electrons. The first-order valence-electron chi connectivity index (χ1n) is 16.4. The number of aliphatic hydroxyl groups is 1. The fourth-order valence-corrected chi connectivity index (χ4v) is 4.72. The number of fused-ring (bicyclic) bond motifs is 1. The highest BCUT2D eigenvalue weighted by Gasteiger charge is 2.43. The number of carbonyl (C=O) groups excluding carboxylic acids is 2. The van der Waals surface area contributed by atoms with Crippen molar-refractivity contribution in [1.82, 2.24) is 0 Å². The van der Waals surface area contributed by atoms with Crippen LogP contribution in [-0.4, -0.2) is 36.8 Å². The molecule has 0 radical (unpaired) electrons. The maximum absolute atomic E-state index is 13.7. The van der Waals surface area contributed by atoms with E-state index >= 15 is 0 Å². The maximum Gasteiger partial charge on any atom is 0.311 e. The van der Waals surface area contributed by atoms with E-state index in [4.69, 9.17) is 26.0 Å². The molecule has 8 atom stereocenters. The van der Waals surface area contributed by atoms with Gasteiger partial charge in [0.15, 0.2) is 0 Å². The number of hydrogen-bond donors (Lipinski definition) is 1. The molecule has 3 aliphatic rings. The third-order valence-corrected chi connectivity index (χ3v) is 6.35. The Morgan fingerprint density at radius 3 is 3.07 bits per heavy atom. The summed E-state index contributed by atoms with van der Waals surface area (Å²) in [6.07, 6.45) is 0.232. The Labute approximate surface area is 197 Å². The van der Waals surface area contributed by atoms with Crippen LogP contribution < -0.4 is 0 Å². The summed E-state index contributed by atoms with van der Waals surface area (Å²) in [4.78, 5) is 25.6. The van der Waals surface area contributed by atoms with Gasteiger partial charge in [-0.2, -0.15) is 0 Å². The minimum atomic E-state index is -3.51. The summed E-state index contributed by atoms with van der Waals surface area (Å²) < 4.78 is 106. The summed E-state index contributed by atoms with van der Waals surface area (Å²) >= 11 is 0. The molecule has 2 aliphatic carbocycles. The fraction of sp³-hybridized carbons (Fsp3) is 0.760. The summed E-state index contributed by atoms with van der Waals surface area (Å²) in [5.74, 6) is -4.16. The molecule has 1 heterocycles. The Bertz CT molecular complexity index is 1080. The van der Waals surface area contributed by atoms with E-state index in [-0.39, 0.29) is 24.7 Å². The zero-order valence-electron chi connectivity index (χ0n) is 29.4. The van der Waals surface area contributed by atoms with Gasteiger partial charge in [-0.1, -0.05) is 38.9 Å². The van der Waals surface area contributed by atoms with Gasteiger partial charge >= 0.3 is 11.9 Å². The van der Waals surface area contributed by atoms with Crippen LogP contribution in [0.2, 0.25) is 0 Å². The number of esters is 2. The van der Waals surface area contributed by atoms with Crippen LogP contribution in [0.3, 0.4) is 0 Å². The molecule has 0 saturated carbocycles. The van der Waals surface area contributed by atoms with E-state index in [1.165, 1.54) is 0 Å². The van der Waals surface area contributed by atoms with Crippen LogP contribution in [0.15, 0.2) is 23.8 Å². The Morgan fingerprint density at radius 2 is 2.33 bits per heavy atom. The van der Waals surface area contributed by atoms with Crippen molar-refractivity contribution in [3.8, 4) is 0 Å². The molecular formula is C25H38O5. The summed E-state index contributed by atoms with van der Waals surface area (Å²) in [6.45, 7) is -6.78. The third-order valence-electron chi connectivity index (χ3n) is 6.35. The molecule has 0 spiro atoms. The van der Waals surface area contributed by atoms with Gasteiger partial charge in [-0.15, -0.1) is 0 Å². The molecule has 0 aromatic heterocycles. The van der Waals surface area contributed by atoms with Gasteiger partial charge in [0.05, 0.1) is 17.9 Å². The molecular weight excluding hydrogens is 380 g/mol. The largest absolute Gasteiger partial charge is 0.462 e. The minimum absolute atomic E-state index is 0.0292. The zero-order valence-corrected chi connectivity index (χ0v) is 17.4. The van der Waals surface area contributed by atoms with E-state index in [2.05, 4.69) is 5.11 Å². The predicted octanol–water partition coefficient (Wildman–Crippen LogP) is 4.59. The average molecular weight is 431 g/mol. The Morgan fingerprint density at radius 1 is 1.47 bits per heavy atom. The molecule has 1 N–H and O–H groups in total. The van der Waals surface area contributed by atoms with Crippen molar-refractivity contribution in [1.29, 1.82) is 1.43 Å². The molecule has 5 nitrogen and oxygen atoms in total. The zero-order chi connectivity index (χ0) is 32.1. The minimum Gasteiger partial charge on any atom is -0.462 e. The van der Waals surface area contributed by atoms with E-state index in [0.717, 1.165) is 0 Å². The standard InChI is InChI=1S/C25H38O5/c1-6-25(4,5)24(28)30-21-12-15(2)11-17-8-7-16(3)20(23(17)21)10-9-19-13-18(26)14-22(27)29-19/h7-8,11,15-16,18-21,23,26H,6,9-10,12-14H2,1-5H3/t15-,16-,18+,19?,20-,21-,23-/m0/s1/i1D3,2D3,4D3,6D2,26D/t15-,16-,18+,19?,20-,21-,23-,25?. The van der Waals surface area contributed by atoms with Crippen molar-refractivity contribution in [3.05, 3.63) is 23.8 Å². The first kappa shape index (κ1) is 11.8. The molecule has 1 aliphatic heterocycles. The van der Waals surface area contributed by atoms with E-state index in [9.17, 15) is 9.59 Å². The molecule has 1 fully saturated rings. The van der Waals surface area contributed by atoms with Gasteiger partial charge in [0.25, 0.3) is 0 Å². The SMILES string of the molecule is [2H]O[C@H]1CC(=O)OC(CC[C@@H]2[C@@H]3C(=C[C@H](C([2H])([2H])[2H])C[C@@H]3OC(=O)C(C)(C([2H])([2H])[2H])C([2H])([2H])C([2H])([2H])[2H])C=C[C@@H]2C)C1. The van der Waals surface area contributed by atoms with Crippen LogP contribution in [0.25, 0.3) is 0 Å². The molecule has 0 amide bonds. The second-order valence-electron chi connectivity index (χ2n) is 8.86. The highest BCUT2D eigenvalue weighted by Crippen LogP contribution is 2.45. The molecule has 0 aromatic rings. The maximum atomic E-state index is 13.7. The normalized spacial score (nSPS) is 45.7. The summed E-state index contributed by atoms with van der Waals surface area (Å²) in [5.41, 5.74) is -2.54. The van der Waals surface area contributed by atoms with E-state index < -0.39 is 74.4 Å². The van der Waals surface area contributed by atoms with E-state index in [1.54, 1.807) is 12.2 Å². The lowest BCUT2D eigenvalue weighted by atomic mass is 9.65. The topological polar surface area (TPSA) is 72.8 Å². The first-order valence-corrected chi connectivity index (χ1v) is 10.5. The van der Waals surface area contributed by atoms with Gasteiger partial charge in [-0.25, -0.2) is 0 Å². The highest BCUT2D eigenvalue weighted by atomic mass is 16.6. The lowest BCUT2D eigenvalue weighted by Crippen LogP contribution is -2.43. The van der Waals surface area contributed by atoms with Crippen LogP contribution >= 0.6 is 0 Å². The van der Waals surface area contributed by atoms with Gasteiger partial charge < -0.3 is 14.6 Å². The smallest absolute Gasteiger partial charge is 0.311 e. The van der Waals surface area contributed by atoms with Crippen molar-refractivity contribution < 1.29 is 39.2 Å². The van der Waals surface area contributed by atoms with Crippen LogP contribution in [0.1, 0.15) is 88.0 Å². The lowest BCUT2D eigenvalue weighted by molar-refractivity contribution is -0.166. The van der Waals surface area contributed by atoms with Gasteiger partial charge in [-0.05, 0) is 62.7 Å². The molecule has 30 heavy (non-hydrogen) atoms. The summed E-state index contributed by atoms with van der Waals surface area (Å²) in [7, 11) is 0. The van der Waals surface area contributed by atoms with Crippen LogP contribution in [0.5, 0.6) is 0 Å². The van der Waals surface area contributed by atoms with Crippen molar-refractivity contribution in [2.75, 3.05) is 0 Å². The average Bonchev–Trinajstić information content (AvgIpc) is 2.85. The Kier molecular flexibility index (Phi) is 3.65. The molecule has 0 bridgehead atoms. The highest BCUT2D eigenvalue weighted by molar-refractivity contribution is 5.76. The molecule has 5 heteroatoms. The van der Waals surface area contributed by atoms with Crippen LogP contribution in [0.4, 0.5) is 0 Å². The number of allylic oxidation sites excluding steroid dienone is 3. The second-order valence-corrected chi connectivity index (χ2v) is 8.86. The number of ether oxygens (including phenoxy) is 2. The van der Waals surface area contributed by atoms with Gasteiger partial charge in [-0.3, -0.25) is 9.59 Å². The quantitative estimate of drug-likeness (QED) is 0.598.